The van der Waals surface area contributed by atoms with E-state index < -0.39 is 0 Å². The van der Waals surface area contributed by atoms with Crippen molar-refractivity contribution in [2.45, 2.75) is 0 Å². The number of aliphatic imine (C=N–C) groups is 1. The van der Waals surface area contributed by atoms with Gasteiger partial charge in [0.2, 0.25) is 0 Å². The molecule has 3 heterocycles. The van der Waals surface area contributed by atoms with Gasteiger partial charge in [0.25, 0.3) is 0 Å². The van der Waals surface area contributed by atoms with E-state index in [-0.39, 0.29) is 11.1 Å². The Bertz CT molecular complexity index is 920. The van der Waals surface area contributed by atoms with E-state index in [1.807, 2.05) is 36.4 Å². The van der Waals surface area contributed by atoms with E-state index in [9.17, 15) is 4.79 Å². The van der Waals surface area contributed by atoms with Crippen LogP contribution in [0.5, 0.6) is 0 Å². The number of thioether (sulfide) groups is 1. The van der Waals surface area contributed by atoms with Crippen molar-refractivity contribution in [3.05, 3.63) is 47.1 Å². The fourth-order valence-corrected chi connectivity index (χ4v) is 3.66. The number of amides is 1. The second-order valence-corrected chi connectivity index (χ2v) is 6.59. The van der Waals surface area contributed by atoms with E-state index in [0.717, 1.165) is 27.0 Å². The van der Waals surface area contributed by atoms with Crippen LogP contribution in [-0.2, 0) is 0 Å². The van der Waals surface area contributed by atoms with Crippen molar-refractivity contribution in [3.8, 4) is 10.8 Å². The molecule has 0 radical (unpaired) electrons. The second kappa shape index (κ2) is 5.11. The van der Waals surface area contributed by atoms with Gasteiger partial charge in [0.1, 0.15) is 11.6 Å². The Labute approximate surface area is 133 Å². The fraction of sp³-hybridized carbons (Fsp3) is 0. The number of nitrogens with zero attached hydrogens (tertiary/aromatic N) is 2. The van der Waals surface area contributed by atoms with Crippen molar-refractivity contribution in [2.75, 3.05) is 0 Å². The first-order chi connectivity index (χ1) is 10.7. The van der Waals surface area contributed by atoms with Crippen LogP contribution in [0.4, 0.5) is 4.79 Å². The summed E-state index contributed by atoms with van der Waals surface area (Å²) in [4.78, 5) is 20.0. The molecule has 22 heavy (non-hydrogen) atoms. The Balaban J connectivity index is 1.68. The number of rotatable bonds is 2. The summed E-state index contributed by atoms with van der Waals surface area (Å²) in [7, 11) is 0. The maximum absolute atomic E-state index is 11.2. The van der Waals surface area contributed by atoms with Crippen LogP contribution in [0.15, 0.2) is 50.7 Å². The smallest absolute Gasteiger partial charge is 0.311 e. The number of thiazole rings is 1. The molecule has 1 aliphatic rings. The number of benzene rings is 1. The molecule has 0 atom stereocenters. The van der Waals surface area contributed by atoms with E-state index in [4.69, 9.17) is 10.2 Å². The predicted molar refractivity (Wildman–Crippen MR) is 89.9 cm³/mol. The van der Waals surface area contributed by atoms with Gasteiger partial charge in [0, 0.05) is 0 Å². The lowest BCUT2D eigenvalue weighted by molar-refractivity contribution is 0.268. The normalized spacial score (nSPS) is 16.6. The van der Waals surface area contributed by atoms with Gasteiger partial charge in [-0.25, -0.2) is 4.98 Å². The van der Waals surface area contributed by atoms with E-state index in [0.29, 0.717) is 16.4 Å². The van der Waals surface area contributed by atoms with Gasteiger partial charge in [0.05, 0.1) is 15.1 Å². The van der Waals surface area contributed by atoms with Crippen LogP contribution in [0, 0.1) is 0 Å². The zero-order chi connectivity index (χ0) is 15.1. The standard InChI is InChI=1S/C15H9N3O2S2/c16-13-12(22-15(19)18-13)7-8-5-6-10(20-8)14-17-9-3-1-2-4-11(9)21-14/h1-7H,(H2,16,18,19)/b12-7-. The Hall–Kier alpha value is -2.38. The van der Waals surface area contributed by atoms with Gasteiger partial charge >= 0.3 is 5.24 Å². The maximum atomic E-state index is 11.2. The van der Waals surface area contributed by atoms with Crippen molar-refractivity contribution in [1.29, 1.82) is 0 Å². The Morgan fingerprint density at radius 2 is 2.05 bits per heavy atom. The number of furan rings is 1. The summed E-state index contributed by atoms with van der Waals surface area (Å²) in [5.74, 6) is 1.54. The van der Waals surface area contributed by atoms with Crippen LogP contribution in [0.2, 0.25) is 0 Å². The predicted octanol–water partition coefficient (Wildman–Crippen LogP) is 4.12. The number of amidine groups is 1. The number of hydrogen-bond acceptors (Lipinski definition) is 6. The maximum Gasteiger partial charge on any atom is 0.311 e. The first-order valence-corrected chi connectivity index (χ1v) is 8.06. The molecule has 0 aliphatic carbocycles. The molecule has 1 aromatic carbocycles. The van der Waals surface area contributed by atoms with Crippen LogP contribution in [0.1, 0.15) is 5.76 Å². The first-order valence-electron chi connectivity index (χ1n) is 6.43. The number of carbonyl (C=O) groups excluding carboxylic acids is 1. The van der Waals surface area contributed by atoms with Crippen molar-refractivity contribution in [3.63, 3.8) is 0 Å². The first kappa shape index (κ1) is 13.3. The lowest BCUT2D eigenvalue weighted by atomic mass is 10.3. The summed E-state index contributed by atoms with van der Waals surface area (Å²) in [6.07, 6.45) is 1.71. The average Bonchev–Trinajstić information content (AvgIpc) is 3.18. The Morgan fingerprint density at radius 1 is 1.18 bits per heavy atom. The summed E-state index contributed by atoms with van der Waals surface area (Å²) in [5.41, 5.74) is 6.63. The number of aromatic nitrogens is 1. The highest BCUT2D eigenvalue weighted by Gasteiger charge is 2.19. The molecular formula is C15H9N3O2S2. The molecule has 0 fully saturated rings. The van der Waals surface area contributed by atoms with E-state index in [2.05, 4.69) is 9.98 Å². The quantitative estimate of drug-likeness (QED) is 0.765. The van der Waals surface area contributed by atoms with Gasteiger partial charge < -0.3 is 10.2 Å². The fourth-order valence-electron chi connectivity index (χ4n) is 2.08. The van der Waals surface area contributed by atoms with E-state index in [1.54, 1.807) is 17.4 Å². The van der Waals surface area contributed by atoms with Crippen molar-refractivity contribution >= 4 is 50.5 Å². The Morgan fingerprint density at radius 3 is 2.82 bits per heavy atom. The summed E-state index contributed by atoms with van der Waals surface area (Å²) < 4.78 is 6.89. The second-order valence-electron chi connectivity index (χ2n) is 4.56. The molecule has 1 amide bonds. The van der Waals surface area contributed by atoms with Crippen LogP contribution in [0.25, 0.3) is 27.1 Å². The van der Waals surface area contributed by atoms with Crippen LogP contribution in [0.3, 0.4) is 0 Å². The summed E-state index contributed by atoms with van der Waals surface area (Å²) >= 11 is 2.57. The third-order valence-electron chi connectivity index (χ3n) is 3.07. The van der Waals surface area contributed by atoms with Gasteiger partial charge in [-0.1, -0.05) is 12.1 Å². The highest BCUT2D eigenvalue weighted by atomic mass is 32.2. The van der Waals surface area contributed by atoms with Crippen LogP contribution < -0.4 is 5.73 Å². The number of hydrogen-bond donors (Lipinski definition) is 1. The number of fused-ring (bicyclic) bond motifs is 1. The average molecular weight is 327 g/mol. The van der Waals surface area contributed by atoms with Gasteiger partial charge in [-0.2, -0.15) is 4.99 Å². The number of nitrogens with two attached hydrogens (primary N) is 1. The molecule has 0 bridgehead atoms. The Kier molecular flexibility index (Phi) is 3.09. The van der Waals surface area contributed by atoms with Gasteiger partial charge in [0.15, 0.2) is 10.8 Å². The van der Waals surface area contributed by atoms with Gasteiger partial charge in [-0.05, 0) is 42.1 Å². The summed E-state index contributed by atoms with van der Waals surface area (Å²) in [6, 6.07) is 11.6. The number of carbonyl (C=O) groups is 1. The molecule has 2 N–H and O–H groups in total. The van der Waals surface area contributed by atoms with Crippen LogP contribution >= 0.6 is 23.1 Å². The highest BCUT2D eigenvalue weighted by molar-refractivity contribution is 8.18. The molecule has 7 heteroatoms. The van der Waals surface area contributed by atoms with Crippen molar-refractivity contribution in [1.82, 2.24) is 4.98 Å². The van der Waals surface area contributed by atoms with Crippen molar-refractivity contribution < 1.29 is 9.21 Å². The minimum Gasteiger partial charge on any atom is -0.454 e. The molecule has 0 saturated carbocycles. The van der Waals surface area contributed by atoms with Crippen LogP contribution in [-0.4, -0.2) is 16.1 Å². The topological polar surface area (TPSA) is 81.5 Å². The molecule has 2 aromatic heterocycles. The van der Waals surface area contributed by atoms with E-state index >= 15 is 0 Å². The molecule has 1 aliphatic heterocycles. The third-order valence-corrected chi connectivity index (χ3v) is 4.93. The van der Waals surface area contributed by atoms with Gasteiger partial charge in [-0.3, -0.25) is 4.79 Å². The summed E-state index contributed by atoms with van der Waals surface area (Å²) in [5, 5.41) is 0.518. The highest BCUT2D eigenvalue weighted by Crippen LogP contribution is 2.33. The molecule has 5 nitrogen and oxygen atoms in total. The zero-order valence-corrected chi connectivity index (χ0v) is 12.8. The minimum absolute atomic E-state index is 0.230. The van der Waals surface area contributed by atoms with Gasteiger partial charge in [-0.15, -0.1) is 11.3 Å². The van der Waals surface area contributed by atoms with E-state index in [1.165, 1.54) is 0 Å². The largest absolute Gasteiger partial charge is 0.454 e. The molecule has 0 saturated heterocycles. The van der Waals surface area contributed by atoms with Crippen molar-refractivity contribution in [2.24, 2.45) is 10.7 Å². The molecular weight excluding hydrogens is 318 g/mol. The number of para-hydroxylation sites is 1. The molecule has 0 unspecified atom stereocenters. The lowest BCUT2D eigenvalue weighted by Gasteiger charge is -1.93. The minimum atomic E-state index is -0.304. The lowest BCUT2D eigenvalue weighted by Crippen LogP contribution is -2.08. The molecule has 3 aromatic rings. The monoisotopic (exact) mass is 327 g/mol. The third kappa shape index (κ3) is 2.34. The SMILES string of the molecule is NC1=NC(=O)S/C1=C\c1ccc(-c2nc3ccccc3s2)o1. The summed E-state index contributed by atoms with van der Waals surface area (Å²) in [6.45, 7) is 0. The molecule has 4 rings (SSSR count). The molecule has 108 valence electrons. The zero-order valence-electron chi connectivity index (χ0n) is 11.1. The molecule has 0 spiro atoms.